The summed E-state index contributed by atoms with van der Waals surface area (Å²) in [6.07, 6.45) is -5.19. The molecule has 1 aromatic rings. The summed E-state index contributed by atoms with van der Waals surface area (Å²) in [4.78, 5) is 0. The Balaban J connectivity index is 2.70. The number of aliphatic hydroxyl groups excluding tert-OH is 1. The van der Waals surface area contributed by atoms with Gasteiger partial charge < -0.3 is 5.11 Å². The topological polar surface area (TPSA) is 20.2 Å². The molecule has 1 nitrogen and oxygen atoms in total. The molecule has 0 bridgehead atoms. The molecule has 0 amide bonds. The maximum atomic E-state index is 11.9. The molecule has 0 aliphatic heterocycles. The van der Waals surface area contributed by atoms with Crippen molar-refractivity contribution in [3.05, 3.63) is 40.9 Å². The van der Waals surface area contributed by atoms with Crippen LogP contribution in [0.1, 0.15) is 5.56 Å². The molecule has 0 saturated carbocycles. The zero-order chi connectivity index (χ0) is 11.5. The van der Waals surface area contributed by atoms with Gasteiger partial charge in [0.2, 0.25) is 0 Å². The van der Waals surface area contributed by atoms with E-state index in [0.29, 0.717) is 16.7 Å². The van der Waals surface area contributed by atoms with E-state index < -0.39 is 12.3 Å². The second kappa shape index (κ2) is 4.68. The first kappa shape index (κ1) is 12.1. The summed E-state index contributed by atoms with van der Waals surface area (Å²) in [6, 6.07) is 6.23. The number of hydrogen-bond donors (Lipinski definition) is 1. The van der Waals surface area contributed by atoms with Crippen molar-refractivity contribution >= 4 is 17.7 Å². The molecule has 0 spiro atoms. The van der Waals surface area contributed by atoms with Crippen molar-refractivity contribution in [2.45, 2.75) is 12.3 Å². The van der Waals surface area contributed by atoms with Gasteiger partial charge in [-0.25, -0.2) is 0 Å². The van der Waals surface area contributed by atoms with Crippen LogP contribution in [0.5, 0.6) is 0 Å². The Kier molecular flexibility index (Phi) is 3.77. The van der Waals surface area contributed by atoms with Crippen LogP contribution in [0.3, 0.4) is 0 Å². The van der Waals surface area contributed by atoms with Crippen molar-refractivity contribution in [3.8, 4) is 0 Å². The number of alkyl halides is 3. The van der Waals surface area contributed by atoms with Gasteiger partial charge in [-0.15, -0.1) is 0 Å². The standard InChI is InChI=1S/C10H8ClF3O/c11-8-4-1-7(2-5-8)3-6-9(15)10(12,13)14/h1-6,9,15H/b6-3+. The smallest absolute Gasteiger partial charge is 0.380 e. The van der Waals surface area contributed by atoms with Crippen molar-refractivity contribution in [1.29, 1.82) is 0 Å². The van der Waals surface area contributed by atoms with Crippen LogP contribution in [0, 0.1) is 0 Å². The molecule has 5 heteroatoms. The van der Waals surface area contributed by atoms with Crippen LogP contribution in [0.15, 0.2) is 30.3 Å². The van der Waals surface area contributed by atoms with E-state index in [4.69, 9.17) is 16.7 Å². The highest BCUT2D eigenvalue weighted by molar-refractivity contribution is 6.30. The first-order chi connectivity index (χ1) is 6.89. The van der Waals surface area contributed by atoms with Gasteiger partial charge in [-0.2, -0.15) is 13.2 Å². The molecule has 1 unspecified atom stereocenters. The molecule has 0 aliphatic carbocycles. The van der Waals surface area contributed by atoms with Crippen LogP contribution >= 0.6 is 11.6 Å². The summed E-state index contributed by atoms with van der Waals surface area (Å²) in [7, 11) is 0. The number of halogens is 4. The van der Waals surface area contributed by atoms with E-state index in [-0.39, 0.29) is 0 Å². The van der Waals surface area contributed by atoms with Crippen molar-refractivity contribution in [1.82, 2.24) is 0 Å². The minimum atomic E-state index is -4.62. The summed E-state index contributed by atoms with van der Waals surface area (Å²) in [5, 5.41) is 9.17. The fourth-order valence-electron chi connectivity index (χ4n) is 0.885. The van der Waals surface area contributed by atoms with Crippen LogP contribution in [-0.2, 0) is 0 Å². The minimum Gasteiger partial charge on any atom is -0.380 e. The molecule has 0 aromatic heterocycles. The lowest BCUT2D eigenvalue weighted by atomic mass is 10.2. The second-order valence-corrected chi connectivity index (χ2v) is 3.33. The van der Waals surface area contributed by atoms with Gasteiger partial charge in [0.1, 0.15) is 0 Å². The lowest BCUT2D eigenvalue weighted by Crippen LogP contribution is -2.25. The largest absolute Gasteiger partial charge is 0.417 e. The van der Waals surface area contributed by atoms with E-state index in [1.165, 1.54) is 6.08 Å². The van der Waals surface area contributed by atoms with Gasteiger partial charge in [0.25, 0.3) is 0 Å². The molecule has 1 N–H and O–H groups in total. The molecule has 0 heterocycles. The summed E-state index contributed by atoms with van der Waals surface area (Å²) >= 11 is 5.59. The van der Waals surface area contributed by atoms with E-state index in [9.17, 15) is 13.2 Å². The normalized spacial score (nSPS) is 14.5. The van der Waals surface area contributed by atoms with E-state index in [2.05, 4.69) is 0 Å². The molecule has 15 heavy (non-hydrogen) atoms. The average Bonchev–Trinajstić information content (AvgIpc) is 2.15. The van der Waals surface area contributed by atoms with Gasteiger partial charge in [-0.1, -0.05) is 29.8 Å². The Morgan fingerprint density at radius 3 is 2.20 bits per heavy atom. The molecule has 82 valence electrons. The number of rotatable bonds is 2. The number of benzene rings is 1. The van der Waals surface area contributed by atoms with Gasteiger partial charge in [0.15, 0.2) is 6.10 Å². The fourth-order valence-corrected chi connectivity index (χ4v) is 1.01. The van der Waals surface area contributed by atoms with Gasteiger partial charge >= 0.3 is 6.18 Å². The zero-order valence-electron chi connectivity index (χ0n) is 7.50. The van der Waals surface area contributed by atoms with E-state index >= 15 is 0 Å². The summed E-state index contributed by atoms with van der Waals surface area (Å²) in [5.41, 5.74) is 0.544. The molecule has 0 fully saturated rings. The van der Waals surface area contributed by atoms with Crippen molar-refractivity contribution in [2.75, 3.05) is 0 Å². The molecule has 1 atom stereocenters. The Morgan fingerprint density at radius 2 is 1.73 bits per heavy atom. The van der Waals surface area contributed by atoms with E-state index in [1.807, 2.05) is 0 Å². The minimum absolute atomic E-state index is 0.503. The fraction of sp³-hybridized carbons (Fsp3) is 0.200. The Labute approximate surface area is 89.8 Å². The monoisotopic (exact) mass is 236 g/mol. The highest BCUT2D eigenvalue weighted by atomic mass is 35.5. The lowest BCUT2D eigenvalue weighted by Gasteiger charge is -2.09. The van der Waals surface area contributed by atoms with Gasteiger partial charge in [-0.3, -0.25) is 0 Å². The van der Waals surface area contributed by atoms with Gasteiger partial charge in [0.05, 0.1) is 0 Å². The maximum Gasteiger partial charge on any atom is 0.417 e. The van der Waals surface area contributed by atoms with Crippen LogP contribution in [0.4, 0.5) is 13.2 Å². The summed E-state index contributed by atoms with van der Waals surface area (Å²) < 4.78 is 35.7. The predicted octanol–water partition coefficient (Wildman–Crippen LogP) is 3.28. The molecule has 0 radical (unpaired) electrons. The van der Waals surface area contributed by atoms with Crippen LogP contribution in [0.25, 0.3) is 6.08 Å². The SMILES string of the molecule is OC(/C=C/c1ccc(Cl)cc1)C(F)(F)F. The Hall–Kier alpha value is -1.00. The molecule has 1 aromatic carbocycles. The Morgan fingerprint density at radius 1 is 1.20 bits per heavy atom. The third-order valence-electron chi connectivity index (χ3n) is 1.68. The second-order valence-electron chi connectivity index (χ2n) is 2.90. The molecular formula is C10H8ClF3O. The van der Waals surface area contributed by atoms with E-state index in [0.717, 1.165) is 0 Å². The highest BCUT2D eigenvalue weighted by Crippen LogP contribution is 2.21. The Bertz CT molecular complexity index is 343. The third-order valence-corrected chi connectivity index (χ3v) is 1.93. The third kappa shape index (κ3) is 3.93. The predicted molar refractivity (Wildman–Crippen MR) is 52.5 cm³/mol. The average molecular weight is 237 g/mol. The van der Waals surface area contributed by atoms with Gasteiger partial charge in [-0.05, 0) is 23.8 Å². The highest BCUT2D eigenvalue weighted by Gasteiger charge is 2.35. The summed E-state index contributed by atoms with van der Waals surface area (Å²) in [5.74, 6) is 0. The summed E-state index contributed by atoms with van der Waals surface area (Å²) in [6.45, 7) is 0. The molecular weight excluding hydrogens is 229 g/mol. The van der Waals surface area contributed by atoms with Crippen LogP contribution in [0.2, 0.25) is 5.02 Å². The van der Waals surface area contributed by atoms with Gasteiger partial charge in [0, 0.05) is 5.02 Å². The van der Waals surface area contributed by atoms with Crippen LogP contribution in [-0.4, -0.2) is 17.4 Å². The zero-order valence-corrected chi connectivity index (χ0v) is 8.26. The van der Waals surface area contributed by atoms with Crippen molar-refractivity contribution in [2.24, 2.45) is 0 Å². The molecule has 0 aliphatic rings. The first-order valence-corrected chi connectivity index (χ1v) is 4.46. The molecule has 0 saturated heterocycles. The van der Waals surface area contributed by atoms with E-state index in [1.54, 1.807) is 24.3 Å². The maximum absolute atomic E-state index is 11.9. The molecule has 1 rings (SSSR count). The first-order valence-electron chi connectivity index (χ1n) is 4.08. The van der Waals surface area contributed by atoms with Crippen molar-refractivity contribution in [3.63, 3.8) is 0 Å². The lowest BCUT2D eigenvalue weighted by molar-refractivity contribution is -0.187. The van der Waals surface area contributed by atoms with Crippen molar-refractivity contribution < 1.29 is 18.3 Å². The van der Waals surface area contributed by atoms with Crippen LogP contribution < -0.4 is 0 Å². The number of hydrogen-bond acceptors (Lipinski definition) is 1. The quantitative estimate of drug-likeness (QED) is 0.836. The number of aliphatic hydroxyl groups is 1.